The summed E-state index contributed by atoms with van der Waals surface area (Å²) in [4.78, 5) is 16.7. The van der Waals surface area contributed by atoms with Crippen molar-refractivity contribution < 1.29 is 9.21 Å². The minimum Gasteiger partial charge on any atom is -0.444 e. The van der Waals surface area contributed by atoms with E-state index in [9.17, 15) is 4.79 Å². The quantitative estimate of drug-likeness (QED) is 0.636. The molecule has 0 N–H and O–H groups in total. The molecule has 1 amide bonds. The summed E-state index contributed by atoms with van der Waals surface area (Å²) in [5, 5.41) is 4.73. The van der Waals surface area contributed by atoms with Gasteiger partial charge in [0.1, 0.15) is 0 Å². The van der Waals surface area contributed by atoms with Gasteiger partial charge in [-0.3, -0.25) is 4.79 Å². The van der Waals surface area contributed by atoms with Crippen LogP contribution in [0, 0.1) is 13.8 Å². The Morgan fingerprint density at radius 2 is 1.74 bits per heavy atom. The Hall–Kier alpha value is -2.54. The molecule has 1 fully saturated rings. The minimum absolute atomic E-state index is 0.0613. The van der Waals surface area contributed by atoms with Crippen LogP contribution in [-0.4, -0.2) is 46.8 Å². The second-order valence-corrected chi connectivity index (χ2v) is 7.43. The molecule has 0 atom stereocenters. The molecule has 3 aromatic rings. The van der Waals surface area contributed by atoms with E-state index in [1.165, 1.54) is 0 Å². The first kappa shape index (κ1) is 17.9. The van der Waals surface area contributed by atoms with Crippen molar-refractivity contribution in [2.75, 3.05) is 31.1 Å². The van der Waals surface area contributed by atoms with E-state index in [-0.39, 0.29) is 5.91 Å². The average Bonchev–Trinajstić information content (AvgIpc) is 3.25. The van der Waals surface area contributed by atoms with E-state index in [0.29, 0.717) is 23.5 Å². The molecule has 4 rings (SSSR count). The number of hydrogen-bond donors (Lipinski definition) is 0. The first-order valence-corrected chi connectivity index (χ1v) is 9.75. The molecule has 0 spiro atoms. The molecule has 1 saturated heterocycles. The SMILES string of the molecule is Cc1nn(-c2ccccc2)c(C)c1N1CCN(C(=O)c2ccc(Br)o2)CC1. The molecule has 1 aliphatic rings. The summed E-state index contributed by atoms with van der Waals surface area (Å²) in [7, 11) is 0. The van der Waals surface area contributed by atoms with Crippen molar-refractivity contribution in [2.24, 2.45) is 0 Å². The van der Waals surface area contributed by atoms with E-state index in [0.717, 1.165) is 35.9 Å². The fourth-order valence-electron chi connectivity index (χ4n) is 3.63. The van der Waals surface area contributed by atoms with Crippen molar-refractivity contribution in [3.8, 4) is 5.69 Å². The lowest BCUT2D eigenvalue weighted by atomic mass is 10.2. The van der Waals surface area contributed by atoms with Gasteiger partial charge in [-0.15, -0.1) is 0 Å². The summed E-state index contributed by atoms with van der Waals surface area (Å²) in [6.45, 7) is 7.00. The highest BCUT2D eigenvalue weighted by atomic mass is 79.9. The summed E-state index contributed by atoms with van der Waals surface area (Å²) in [6, 6.07) is 13.6. The maximum atomic E-state index is 12.6. The number of carbonyl (C=O) groups excluding carboxylic acids is 1. The maximum Gasteiger partial charge on any atom is 0.289 e. The number of furan rings is 1. The highest BCUT2D eigenvalue weighted by Gasteiger charge is 2.27. The minimum atomic E-state index is -0.0613. The molecular formula is C20H21BrN4O2. The van der Waals surface area contributed by atoms with Crippen molar-refractivity contribution in [1.82, 2.24) is 14.7 Å². The highest BCUT2D eigenvalue weighted by molar-refractivity contribution is 9.10. The van der Waals surface area contributed by atoms with Gasteiger partial charge in [0.2, 0.25) is 0 Å². The first-order valence-electron chi connectivity index (χ1n) is 8.96. The van der Waals surface area contributed by atoms with Gasteiger partial charge in [-0.2, -0.15) is 5.10 Å². The van der Waals surface area contributed by atoms with Crippen LogP contribution in [0.1, 0.15) is 21.9 Å². The molecule has 1 aromatic carbocycles. The fraction of sp³-hybridized carbons (Fsp3) is 0.300. The normalized spacial score (nSPS) is 14.6. The Balaban J connectivity index is 1.50. The van der Waals surface area contributed by atoms with Gasteiger partial charge in [-0.25, -0.2) is 4.68 Å². The third-order valence-corrected chi connectivity index (χ3v) is 5.35. The Morgan fingerprint density at radius 3 is 2.37 bits per heavy atom. The Labute approximate surface area is 166 Å². The van der Waals surface area contributed by atoms with Crippen LogP contribution in [0.4, 0.5) is 5.69 Å². The molecule has 2 aromatic heterocycles. The molecule has 0 radical (unpaired) electrons. The number of halogens is 1. The van der Waals surface area contributed by atoms with E-state index in [2.05, 4.69) is 39.9 Å². The van der Waals surface area contributed by atoms with Gasteiger partial charge in [-0.05, 0) is 54.0 Å². The molecule has 7 heteroatoms. The summed E-state index contributed by atoms with van der Waals surface area (Å²) >= 11 is 3.25. The number of rotatable bonds is 3. The first-order chi connectivity index (χ1) is 13.0. The number of aryl methyl sites for hydroxylation is 1. The lowest BCUT2D eigenvalue weighted by Crippen LogP contribution is -2.49. The van der Waals surface area contributed by atoms with Gasteiger partial charge in [-0.1, -0.05) is 18.2 Å². The smallest absolute Gasteiger partial charge is 0.289 e. The Kier molecular flexibility index (Phi) is 4.78. The van der Waals surface area contributed by atoms with Gasteiger partial charge >= 0.3 is 0 Å². The van der Waals surface area contributed by atoms with E-state index < -0.39 is 0 Å². The van der Waals surface area contributed by atoms with Crippen LogP contribution < -0.4 is 4.90 Å². The topological polar surface area (TPSA) is 54.5 Å². The Morgan fingerprint density at radius 1 is 1.04 bits per heavy atom. The van der Waals surface area contributed by atoms with Crippen molar-refractivity contribution >= 4 is 27.5 Å². The number of piperazine rings is 1. The zero-order valence-electron chi connectivity index (χ0n) is 15.4. The van der Waals surface area contributed by atoms with Crippen molar-refractivity contribution in [2.45, 2.75) is 13.8 Å². The third-order valence-electron chi connectivity index (χ3n) is 4.92. The Bertz CT molecular complexity index is 956. The third kappa shape index (κ3) is 3.39. The van der Waals surface area contributed by atoms with Crippen LogP contribution in [-0.2, 0) is 0 Å². The molecule has 6 nitrogen and oxygen atoms in total. The number of aromatic nitrogens is 2. The largest absolute Gasteiger partial charge is 0.444 e. The van der Waals surface area contributed by atoms with E-state index >= 15 is 0 Å². The molecular weight excluding hydrogens is 408 g/mol. The molecule has 1 aliphatic heterocycles. The van der Waals surface area contributed by atoms with Crippen molar-refractivity contribution in [3.63, 3.8) is 0 Å². The molecule has 27 heavy (non-hydrogen) atoms. The van der Waals surface area contributed by atoms with Gasteiger partial charge in [0, 0.05) is 26.2 Å². The maximum absolute atomic E-state index is 12.6. The zero-order valence-corrected chi connectivity index (χ0v) is 16.9. The monoisotopic (exact) mass is 428 g/mol. The summed E-state index contributed by atoms with van der Waals surface area (Å²) in [5.74, 6) is 0.313. The van der Waals surface area contributed by atoms with Crippen LogP contribution in [0.2, 0.25) is 0 Å². The van der Waals surface area contributed by atoms with E-state index in [1.807, 2.05) is 34.7 Å². The molecule has 140 valence electrons. The van der Waals surface area contributed by atoms with Crippen LogP contribution >= 0.6 is 15.9 Å². The molecule has 0 aliphatic carbocycles. The van der Waals surface area contributed by atoms with Gasteiger partial charge in [0.15, 0.2) is 10.4 Å². The van der Waals surface area contributed by atoms with Gasteiger partial charge < -0.3 is 14.2 Å². The zero-order chi connectivity index (χ0) is 19.0. The lowest BCUT2D eigenvalue weighted by Gasteiger charge is -2.35. The van der Waals surface area contributed by atoms with Crippen molar-refractivity contribution in [1.29, 1.82) is 0 Å². The van der Waals surface area contributed by atoms with Crippen LogP contribution in [0.15, 0.2) is 51.6 Å². The van der Waals surface area contributed by atoms with Gasteiger partial charge in [0.05, 0.1) is 22.8 Å². The molecule has 0 bridgehead atoms. The van der Waals surface area contributed by atoms with E-state index in [1.54, 1.807) is 12.1 Å². The summed E-state index contributed by atoms with van der Waals surface area (Å²) in [6.07, 6.45) is 0. The number of nitrogens with zero attached hydrogens (tertiary/aromatic N) is 4. The predicted molar refractivity (Wildman–Crippen MR) is 108 cm³/mol. The second-order valence-electron chi connectivity index (χ2n) is 6.65. The number of benzene rings is 1. The predicted octanol–water partition coefficient (Wildman–Crippen LogP) is 3.81. The number of amides is 1. The summed E-state index contributed by atoms with van der Waals surface area (Å²) in [5.41, 5.74) is 4.34. The number of anilines is 1. The highest BCUT2D eigenvalue weighted by Crippen LogP contribution is 2.28. The van der Waals surface area contributed by atoms with Crippen LogP contribution in [0.25, 0.3) is 5.69 Å². The molecule has 3 heterocycles. The standard InChI is InChI=1S/C20H21BrN4O2/c1-14-19(15(2)25(22-14)16-6-4-3-5-7-16)23-10-12-24(13-11-23)20(26)17-8-9-18(21)27-17/h3-9H,10-13H2,1-2H3. The fourth-order valence-corrected chi connectivity index (χ4v) is 3.94. The average molecular weight is 429 g/mol. The lowest BCUT2D eigenvalue weighted by molar-refractivity contribution is 0.0713. The van der Waals surface area contributed by atoms with Crippen LogP contribution in [0.5, 0.6) is 0 Å². The molecule has 0 unspecified atom stereocenters. The number of para-hydroxylation sites is 1. The van der Waals surface area contributed by atoms with Crippen LogP contribution in [0.3, 0.4) is 0 Å². The van der Waals surface area contributed by atoms with Crippen molar-refractivity contribution in [3.05, 3.63) is 64.3 Å². The number of hydrogen-bond acceptors (Lipinski definition) is 4. The number of carbonyl (C=O) groups is 1. The van der Waals surface area contributed by atoms with Gasteiger partial charge in [0.25, 0.3) is 5.91 Å². The molecule has 0 saturated carbocycles. The second kappa shape index (κ2) is 7.23. The summed E-state index contributed by atoms with van der Waals surface area (Å²) < 4.78 is 7.96. The van der Waals surface area contributed by atoms with E-state index in [4.69, 9.17) is 9.52 Å².